The van der Waals surface area contributed by atoms with Gasteiger partial charge >= 0.3 is 0 Å². The summed E-state index contributed by atoms with van der Waals surface area (Å²) in [4.78, 5) is 32.0. The van der Waals surface area contributed by atoms with Crippen LogP contribution in [0.1, 0.15) is 11.6 Å². The molecule has 1 atom stereocenters. The SMILES string of the molecule is O=C(COc1ccccc1)C1=C(O)C(=O)N(c2nc3ccc(Cl)cc3s2)C1c1ccccc1F. The van der Waals surface area contributed by atoms with E-state index in [1.807, 2.05) is 0 Å². The minimum Gasteiger partial charge on any atom is -0.503 e. The van der Waals surface area contributed by atoms with Gasteiger partial charge in [0, 0.05) is 10.6 Å². The second kappa shape index (κ2) is 8.89. The number of hydrogen-bond acceptors (Lipinski definition) is 6. The van der Waals surface area contributed by atoms with Crippen molar-refractivity contribution in [2.24, 2.45) is 0 Å². The number of nitrogens with zero attached hydrogens (tertiary/aromatic N) is 2. The first kappa shape index (κ1) is 22.1. The molecule has 0 fully saturated rings. The van der Waals surface area contributed by atoms with Crippen molar-refractivity contribution in [2.45, 2.75) is 6.04 Å². The number of aliphatic hydroxyl groups is 1. The predicted octanol–water partition coefficient (Wildman–Crippen LogP) is 5.64. The van der Waals surface area contributed by atoms with Gasteiger partial charge in [-0.05, 0) is 36.4 Å². The summed E-state index contributed by atoms with van der Waals surface area (Å²) in [5, 5.41) is 11.4. The Kier molecular flexibility index (Phi) is 5.77. The van der Waals surface area contributed by atoms with E-state index in [9.17, 15) is 19.1 Å². The summed E-state index contributed by atoms with van der Waals surface area (Å²) in [6, 6.07) is 18.3. The molecule has 1 N–H and O–H groups in total. The van der Waals surface area contributed by atoms with Crippen molar-refractivity contribution in [3.63, 3.8) is 0 Å². The van der Waals surface area contributed by atoms with Crippen molar-refractivity contribution in [2.75, 3.05) is 11.5 Å². The largest absolute Gasteiger partial charge is 0.503 e. The molecule has 0 aliphatic carbocycles. The highest BCUT2D eigenvalue weighted by atomic mass is 35.5. The zero-order valence-corrected chi connectivity index (χ0v) is 19.0. The first-order valence-electron chi connectivity index (χ1n) is 10.2. The van der Waals surface area contributed by atoms with Crippen molar-refractivity contribution in [3.05, 3.63) is 101 Å². The first-order valence-corrected chi connectivity index (χ1v) is 11.4. The number of fused-ring (bicyclic) bond motifs is 1. The summed E-state index contributed by atoms with van der Waals surface area (Å²) in [5.74, 6) is -2.43. The van der Waals surface area contributed by atoms with Crippen LogP contribution in [-0.4, -0.2) is 28.4 Å². The minimum atomic E-state index is -1.21. The number of ether oxygens (including phenoxy) is 1. The van der Waals surface area contributed by atoms with E-state index in [1.54, 1.807) is 54.6 Å². The number of carbonyl (C=O) groups is 2. The number of rotatable bonds is 6. The second-order valence-corrected chi connectivity index (χ2v) is 8.94. The number of aromatic nitrogens is 1. The molecule has 0 radical (unpaired) electrons. The van der Waals surface area contributed by atoms with Gasteiger partial charge in [0.2, 0.25) is 5.78 Å². The predicted molar refractivity (Wildman–Crippen MR) is 128 cm³/mol. The number of anilines is 1. The molecule has 1 aromatic heterocycles. The van der Waals surface area contributed by atoms with E-state index in [0.29, 0.717) is 21.0 Å². The van der Waals surface area contributed by atoms with E-state index in [0.717, 1.165) is 16.2 Å². The van der Waals surface area contributed by atoms with Gasteiger partial charge in [-0.25, -0.2) is 9.37 Å². The third-order valence-electron chi connectivity index (χ3n) is 5.37. The van der Waals surface area contributed by atoms with Crippen LogP contribution in [0, 0.1) is 5.82 Å². The zero-order chi connectivity index (χ0) is 23.8. The maximum Gasteiger partial charge on any atom is 0.296 e. The lowest BCUT2D eigenvalue weighted by Gasteiger charge is -2.24. The normalized spacial score (nSPS) is 15.9. The van der Waals surface area contributed by atoms with Crippen molar-refractivity contribution in [3.8, 4) is 5.75 Å². The number of benzene rings is 3. The molecular formula is C25H16ClFN2O4S. The lowest BCUT2D eigenvalue weighted by atomic mass is 9.96. The van der Waals surface area contributed by atoms with Gasteiger partial charge in [-0.15, -0.1) is 0 Å². The number of para-hydroxylation sites is 1. The molecule has 1 amide bonds. The van der Waals surface area contributed by atoms with Crippen LogP contribution < -0.4 is 9.64 Å². The van der Waals surface area contributed by atoms with Gasteiger partial charge in [0.15, 0.2) is 17.5 Å². The van der Waals surface area contributed by atoms with Gasteiger partial charge in [0.05, 0.1) is 15.8 Å². The number of halogens is 2. The summed E-state index contributed by atoms with van der Waals surface area (Å²) >= 11 is 7.23. The van der Waals surface area contributed by atoms with Crippen LogP contribution in [0.3, 0.4) is 0 Å². The molecule has 0 saturated carbocycles. The lowest BCUT2D eigenvalue weighted by molar-refractivity contribution is -0.119. The van der Waals surface area contributed by atoms with Crippen LogP contribution >= 0.6 is 22.9 Å². The summed E-state index contributed by atoms with van der Waals surface area (Å²) in [6.45, 7) is -0.440. The van der Waals surface area contributed by atoms with Crippen molar-refractivity contribution in [1.82, 2.24) is 4.98 Å². The van der Waals surface area contributed by atoms with Crippen LogP contribution in [0.15, 0.2) is 84.1 Å². The van der Waals surface area contributed by atoms with Crippen LogP contribution in [0.25, 0.3) is 10.2 Å². The Morgan fingerprint density at radius 3 is 2.62 bits per heavy atom. The van der Waals surface area contributed by atoms with E-state index in [2.05, 4.69) is 4.98 Å². The standard InChI is InChI=1S/C25H16ClFN2O4S/c26-14-10-11-18-20(12-14)34-25(28-18)29-22(16-8-4-5-9-17(16)27)21(23(31)24(29)32)19(30)13-33-15-6-2-1-3-7-15/h1-12,22,31H,13H2. The Hall–Kier alpha value is -3.75. The van der Waals surface area contributed by atoms with Crippen LogP contribution in [0.4, 0.5) is 9.52 Å². The van der Waals surface area contributed by atoms with Crippen LogP contribution in [0.2, 0.25) is 5.02 Å². The number of Topliss-reactive ketones (excluding diaryl/α,β-unsaturated/α-hetero) is 1. The lowest BCUT2D eigenvalue weighted by Crippen LogP contribution is -2.32. The van der Waals surface area contributed by atoms with Gasteiger partial charge in [-0.1, -0.05) is 59.3 Å². The molecule has 1 unspecified atom stereocenters. The molecule has 0 saturated heterocycles. The van der Waals surface area contributed by atoms with E-state index in [4.69, 9.17) is 16.3 Å². The Morgan fingerprint density at radius 2 is 1.85 bits per heavy atom. The number of amides is 1. The molecule has 0 bridgehead atoms. The molecule has 9 heteroatoms. The highest BCUT2D eigenvalue weighted by Crippen LogP contribution is 2.44. The molecule has 1 aliphatic rings. The van der Waals surface area contributed by atoms with Gasteiger partial charge in [-0.2, -0.15) is 0 Å². The quantitative estimate of drug-likeness (QED) is 0.375. The fraction of sp³-hybridized carbons (Fsp3) is 0.0800. The third-order valence-corrected chi connectivity index (χ3v) is 6.62. The molecule has 5 rings (SSSR count). The van der Waals surface area contributed by atoms with Gasteiger partial charge in [-0.3, -0.25) is 14.5 Å². The monoisotopic (exact) mass is 494 g/mol. The van der Waals surface area contributed by atoms with Crippen molar-refractivity contribution < 1.29 is 23.8 Å². The highest BCUT2D eigenvalue weighted by molar-refractivity contribution is 7.22. The molecule has 6 nitrogen and oxygen atoms in total. The number of hydrogen-bond donors (Lipinski definition) is 1. The molecule has 34 heavy (non-hydrogen) atoms. The molecule has 4 aromatic rings. The summed E-state index contributed by atoms with van der Waals surface area (Å²) < 4.78 is 21.1. The fourth-order valence-electron chi connectivity index (χ4n) is 3.81. The Morgan fingerprint density at radius 1 is 1.12 bits per heavy atom. The Bertz CT molecular complexity index is 1450. The molecule has 3 aromatic carbocycles. The van der Waals surface area contributed by atoms with Crippen LogP contribution in [0.5, 0.6) is 5.75 Å². The van der Waals surface area contributed by atoms with E-state index in [-0.39, 0.29) is 16.3 Å². The second-order valence-electron chi connectivity index (χ2n) is 7.49. The zero-order valence-electron chi connectivity index (χ0n) is 17.4. The third kappa shape index (κ3) is 3.91. The Balaban J connectivity index is 1.57. The Labute approximate surface area is 202 Å². The van der Waals surface area contributed by atoms with Gasteiger partial charge in [0.25, 0.3) is 5.91 Å². The van der Waals surface area contributed by atoms with Crippen molar-refractivity contribution in [1.29, 1.82) is 0 Å². The van der Waals surface area contributed by atoms with Crippen LogP contribution in [-0.2, 0) is 9.59 Å². The fourth-order valence-corrected chi connectivity index (χ4v) is 5.08. The maximum absolute atomic E-state index is 14.9. The minimum absolute atomic E-state index is 0.0558. The number of aliphatic hydroxyl groups excluding tert-OH is 1. The summed E-state index contributed by atoms with van der Waals surface area (Å²) in [7, 11) is 0. The summed E-state index contributed by atoms with van der Waals surface area (Å²) in [5.41, 5.74) is 0.389. The van der Waals surface area contributed by atoms with Gasteiger partial charge < -0.3 is 9.84 Å². The van der Waals surface area contributed by atoms with Crippen molar-refractivity contribution >= 4 is 50.0 Å². The molecular weight excluding hydrogens is 479 g/mol. The molecule has 170 valence electrons. The van der Waals surface area contributed by atoms with E-state index in [1.165, 1.54) is 18.2 Å². The summed E-state index contributed by atoms with van der Waals surface area (Å²) in [6.07, 6.45) is 0. The average Bonchev–Trinajstić information content (AvgIpc) is 3.36. The number of thiazole rings is 1. The number of ketones is 1. The first-order chi connectivity index (χ1) is 16.4. The van der Waals surface area contributed by atoms with E-state index >= 15 is 0 Å². The average molecular weight is 495 g/mol. The molecule has 2 heterocycles. The topological polar surface area (TPSA) is 79.7 Å². The molecule has 1 aliphatic heterocycles. The van der Waals surface area contributed by atoms with Gasteiger partial charge in [0.1, 0.15) is 17.6 Å². The van der Waals surface area contributed by atoms with E-state index < -0.39 is 35.9 Å². The highest BCUT2D eigenvalue weighted by Gasteiger charge is 2.46. The maximum atomic E-state index is 14.9. The smallest absolute Gasteiger partial charge is 0.296 e. The molecule has 0 spiro atoms. The number of carbonyl (C=O) groups excluding carboxylic acids is 2.